The molecule has 2 heterocycles. The molecule has 1 aromatic heterocycles. The fourth-order valence-electron chi connectivity index (χ4n) is 9.34. The molecular weight excluding hydrogens is 713 g/mol. The Bertz CT molecular complexity index is 3030. The van der Waals surface area contributed by atoms with E-state index in [9.17, 15) is 0 Å². The molecule has 1 aliphatic heterocycles. The van der Waals surface area contributed by atoms with Crippen molar-refractivity contribution in [2.24, 2.45) is 0 Å². The number of nitrogens with zero attached hydrogens (tertiary/aromatic N) is 2. The first-order chi connectivity index (χ1) is 29.2. The molecule has 0 spiro atoms. The van der Waals surface area contributed by atoms with Crippen molar-refractivity contribution < 1.29 is 0 Å². The first-order valence-corrected chi connectivity index (χ1v) is 20.6. The molecule has 11 rings (SSSR count). The van der Waals surface area contributed by atoms with Gasteiger partial charge in [0.15, 0.2) is 0 Å². The summed E-state index contributed by atoms with van der Waals surface area (Å²) < 4.78 is 2.45. The van der Waals surface area contributed by atoms with Gasteiger partial charge in [0.1, 0.15) is 0 Å². The standard InChI is InChI=1S/C57H42N2/c1-5-17-40(18-6-1)46-34-47(41-19-7-2-8-20-41)36-50(35-46)59-56-28-16-15-27-52(56)54-38-44(30-32-57(54)59)43-29-31-55-53(37-43)51-26-14-13-23-45(51)33-48(42-21-9-3-10-22-42)39-58(55)49-24-11-4-12-25-49/h1-32,34-38,48H,33,39H2. The predicted octanol–water partition coefficient (Wildman–Crippen LogP) is 14.9. The minimum absolute atomic E-state index is 0.335. The number of para-hydroxylation sites is 2. The lowest BCUT2D eigenvalue weighted by atomic mass is 9.84. The molecule has 9 aromatic carbocycles. The summed E-state index contributed by atoms with van der Waals surface area (Å²) >= 11 is 0. The fourth-order valence-corrected chi connectivity index (χ4v) is 9.34. The van der Waals surface area contributed by atoms with Crippen molar-refractivity contribution in [2.45, 2.75) is 12.3 Å². The van der Waals surface area contributed by atoms with Gasteiger partial charge in [-0.15, -0.1) is 0 Å². The van der Waals surface area contributed by atoms with Gasteiger partial charge in [0, 0.05) is 45.9 Å². The Hall–Kier alpha value is -7.42. The molecule has 0 aliphatic carbocycles. The minimum Gasteiger partial charge on any atom is -0.340 e. The number of hydrogen-bond acceptors (Lipinski definition) is 1. The molecule has 0 saturated heterocycles. The van der Waals surface area contributed by atoms with E-state index in [2.05, 4.69) is 234 Å². The van der Waals surface area contributed by atoms with Gasteiger partial charge in [-0.2, -0.15) is 0 Å². The number of aromatic nitrogens is 1. The van der Waals surface area contributed by atoms with Crippen molar-refractivity contribution in [3.8, 4) is 50.2 Å². The van der Waals surface area contributed by atoms with Gasteiger partial charge in [-0.05, 0) is 117 Å². The third kappa shape index (κ3) is 6.40. The monoisotopic (exact) mass is 754 g/mol. The lowest BCUT2D eigenvalue weighted by Gasteiger charge is -2.35. The van der Waals surface area contributed by atoms with E-state index in [-0.39, 0.29) is 0 Å². The van der Waals surface area contributed by atoms with E-state index in [0.717, 1.165) is 18.7 Å². The summed E-state index contributed by atoms with van der Waals surface area (Å²) in [5.74, 6) is 0.335. The van der Waals surface area contributed by atoms with Crippen molar-refractivity contribution in [3.63, 3.8) is 0 Å². The number of anilines is 2. The van der Waals surface area contributed by atoms with Crippen molar-refractivity contribution in [2.75, 3.05) is 11.4 Å². The smallest absolute Gasteiger partial charge is 0.0541 e. The quantitative estimate of drug-likeness (QED) is 0.164. The second kappa shape index (κ2) is 14.8. The number of rotatable bonds is 6. The van der Waals surface area contributed by atoms with Gasteiger partial charge in [0.2, 0.25) is 0 Å². The maximum Gasteiger partial charge on any atom is 0.0541 e. The zero-order chi connectivity index (χ0) is 39.1. The van der Waals surface area contributed by atoms with Crippen LogP contribution in [0, 0.1) is 0 Å². The zero-order valence-electron chi connectivity index (χ0n) is 32.7. The van der Waals surface area contributed by atoms with Crippen molar-refractivity contribution >= 4 is 33.2 Å². The van der Waals surface area contributed by atoms with Crippen molar-refractivity contribution in [3.05, 3.63) is 236 Å². The van der Waals surface area contributed by atoms with Crippen LogP contribution in [0.5, 0.6) is 0 Å². The van der Waals surface area contributed by atoms with Gasteiger partial charge in [-0.3, -0.25) is 0 Å². The maximum atomic E-state index is 2.54. The first-order valence-electron chi connectivity index (χ1n) is 20.6. The van der Waals surface area contributed by atoms with Gasteiger partial charge >= 0.3 is 0 Å². The fraction of sp³-hybridized carbons (Fsp3) is 0.0526. The largest absolute Gasteiger partial charge is 0.340 e. The van der Waals surface area contributed by atoms with Gasteiger partial charge in [-0.25, -0.2) is 0 Å². The molecule has 0 radical (unpaired) electrons. The average Bonchev–Trinajstić information content (AvgIpc) is 3.64. The highest BCUT2D eigenvalue weighted by Gasteiger charge is 2.26. The molecule has 59 heavy (non-hydrogen) atoms. The molecule has 280 valence electrons. The second-order valence-corrected chi connectivity index (χ2v) is 15.7. The Kier molecular flexibility index (Phi) is 8.74. The van der Waals surface area contributed by atoms with E-state index in [0.29, 0.717) is 5.92 Å². The van der Waals surface area contributed by atoms with Crippen LogP contribution in [0.2, 0.25) is 0 Å². The Morgan fingerprint density at radius 1 is 0.356 bits per heavy atom. The second-order valence-electron chi connectivity index (χ2n) is 15.7. The SMILES string of the molecule is c1ccc(-c2cc(-c3ccccc3)cc(-n3c4ccccc4c4cc(-c5ccc6c(c5)-c5ccccc5CC(c5ccccc5)CN6c5ccccc5)ccc43)c2)cc1. The lowest BCUT2D eigenvalue weighted by molar-refractivity contribution is 0.679. The molecule has 0 bridgehead atoms. The third-order valence-corrected chi connectivity index (χ3v) is 12.2. The molecule has 2 heteroatoms. The molecule has 2 nitrogen and oxygen atoms in total. The van der Waals surface area contributed by atoms with Crippen LogP contribution in [0.25, 0.3) is 72.0 Å². The Morgan fingerprint density at radius 2 is 0.932 bits per heavy atom. The predicted molar refractivity (Wildman–Crippen MR) is 249 cm³/mol. The van der Waals surface area contributed by atoms with Crippen LogP contribution in [-0.4, -0.2) is 11.1 Å². The molecule has 0 amide bonds. The summed E-state index contributed by atoms with van der Waals surface area (Å²) in [7, 11) is 0. The highest BCUT2D eigenvalue weighted by Crippen LogP contribution is 2.45. The van der Waals surface area contributed by atoms with E-state index in [1.807, 2.05) is 0 Å². The molecule has 1 atom stereocenters. The molecule has 0 fully saturated rings. The van der Waals surface area contributed by atoms with E-state index in [4.69, 9.17) is 0 Å². The molecule has 1 unspecified atom stereocenters. The number of hydrogen-bond donors (Lipinski definition) is 0. The zero-order valence-corrected chi connectivity index (χ0v) is 32.7. The van der Waals surface area contributed by atoms with Crippen molar-refractivity contribution in [1.82, 2.24) is 4.57 Å². The summed E-state index contributed by atoms with van der Waals surface area (Å²) in [6, 6.07) is 82.5. The van der Waals surface area contributed by atoms with Gasteiger partial charge in [0.05, 0.1) is 11.0 Å². The summed E-state index contributed by atoms with van der Waals surface area (Å²) in [6.07, 6.45) is 0.968. The summed E-state index contributed by atoms with van der Waals surface area (Å²) in [5.41, 5.74) is 18.5. The third-order valence-electron chi connectivity index (χ3n) is 12.2. The summed E-state index contributed by atoms with van der Waals surface area (Å²) in [4.78, 5) is 2.54. The highest BCUT2D eigenvalue weighted by atomic mass is 15.1. The van der Waals surface area contributed by atoms with E-state index >= 15 is 0 Å². The Labute approximate surface area is 345 Å². The van der Waals surface area contributed by atoms with Crippen LogP contribution in [0.1, 0.15) is 17.0 Å². The molecule has 0 N–H and O–H groups in total. The Morgan fingerprint density at radius 3 is 1.66 bits per heavy atom. The summed E-state index contributed by atoms with van der Waals surface area (Å²) in [6.45, 7) is 0.887. The van der Waals surface area contributed by atoms with Gasteiger partial charge in [0.25, 0.3) is 0 Å². The number of benzene rings is 9. The van der Waals surface area contributed by atoms with Crippen LogP contribution in [0.15, 0.2) is 224 Å². The molecule has 1 aliphatic rings. The topological polar surface area (TPSA) is 8.17 Å². The highest BCUT2D eigenvalue weighted by molar-refractivity contribution is 6.10. The van der Waals surface area contributed by atoms with E-state index in [1.54, 1.807) is 0 Å². The normalized spacial score (nSPS) is 13.8. The van der Waals surface area contributed by atoms with Crippen LogP contribution < -0.4 is 4.90 Å². The van der Waals surface area contributed by atoms with Crippen LogP contribution in [0.4, 0.5) is 11.4 Å². The summed E-state index contributed by atoms with van der Waals surface area (Å²) in [5, 5.41) is 2.49. The van der Waals surface area contributed by atoms with Crippen LogP contribution in [0.3, 0.4) is 0 Å². The molecule has 10 aromatic rings. The minimum atomic E-state index is 0.335. The van der Waals surface area contributed by atoms with E-state index in [1.165, 1.54) is 88.8 Å². The molecule has 0 saturated carbocycles. The van der Waals surface area contributed by atoms with Gasteiger partial charge < -0.3 is 9.47 Å². The lowest BCUT2D eigenvalue weighted by Crippen LogP contribution is -2.27. The van der Waals surface area contributed by atoms with Crippen LogP contribution >= 0.6 is 0 Å². The molecular formula is C57H42N2. The Balaban J connectivity index is 1.07. The van der Waals surface area contributed by atoms with E-state index < -0.39 is 0 Å². The van der Waals surface area contributed by atoms with Crippen LogP contribution in [-0.2, 0) is 6.42 Å². The average molecular weight is 755 g/mol. The van der Waals surface area contributed by atoms with Crippen molar-refractivity contribution in [1.29, 1.82) is 0 Å². The van der Waals surface area contributed by atoms with Gasteiger partial charge in [-0.1, -0.05) is 164 Å². The first kappa shape index (κ1) is 34.8. The maximum absolute atomic E-state index is 2.54. The number of fused-ring (bicyclic) bond motifs is 6.